The number of amides is 1. The molecule has 1 aliphatic rings. The van der Waals surface area contributed by atoms with E-state index in [1.54, 1.807) is 12.3 Å². The van der Waals surface area contributed by atoms with Gasteiger partial charge in [-0.25, -0.2) is 4.98 Å². The van der Waals surface area contributed by atoms with Crippen LogP contribution in [0.1, 0.15) is 24.8 Å². The van der Waals surface area contributed by atoms with Gasteiger partial charge >= 0.3 is 5.37 Å². The average Bonchev–Trinajstić information content (AvgIpc) is 2.18. The van der Waals surface area contributed by atoms with Gasteiger partial charge in [0.25, 0.3) is 0 Å². The smallest absolute Gasteiger partial charge is 0.341 e. The molecule has 17 heavy (non-hydrogen) atoms. The number of aliphatic imine (C=N–C) groups is 1. The van der Waals surface area contributed by atoms with Gasteiger partial charge in [0.15, 0.2) is 0 Å². The second-order valence-electron chi connectivity index (χ2n) is 4.06. The summed E-state index contributed by atoms with van der Waals surface area (Å²) in [5.74, 6) is 0.257. The Morgan fingerprint density at radius 3 is 2.59 bits per heavy atom. The Hall–Kier alpha value is -1.13. The minimum Gasteiger partial charge on any atom is -0.386 e. The number of nitrogens with zero attached hydrogens (tertiary/aromatic N) is 2. The van der Waals surface area contributed by atoms with Gasteiger partial charge in [0.1, 0.15) is 11.0 Å². The van der Waals surface area contributed by atoms with E-state index in [1.807, 2.05) is 6.07 Å². The van der Waals surface area contributed by atoms with Crippen LogP contribution in [0.5, 0.6) is 0 Å². The zero-order valence-corrected chi connectivity index (χ0v) is 10.5. The van der Waals surface area contributed by atoms with Crippen LogP contribution in [0.25, 0.3) is 0 Å². The van der Waals surface area contributed by atoms with Crippen molar-refractivity contribution in [2.24, 2.45) is 10.7 Å². The van der Waals surface area contributed by atoms with Crippen LogP contribution in [0.15, 0.2) is 23.3 Å². The van der Waals surface area contributed by atoms with Gasteiger partial charge in [-0.3, -0.25) is 4.79 Å². The van der Waals surface area contributed by atoms with Gasteiger partial charge in [-0.15, -0.1) is 0 Å². The molecule has 1 saturated carbocycles. The van der Waals surface area contributed by atoms with Gasteiger partial charge in [-0.05, 0) is 36.1 Å². The fraction of sp³-hybridized carbons (Fsp3) is 0.364. The maximum atomic E-state index is 10.8. The molecule has 0 aromatic carbocycles. The summed E-state index contributed by atoms with van der Waals surface area (Å²) < 4.78 is 0. The van der Waals surface area contributed by atoms with Gasteiger partial charge in [0.05, 0.1) is 5.41 Å². The number of carbonyl (C=O) groups is 1. The number of amidine groups is 1. The van der Waals surface area contributed by atoms with Crippen LogP contribution in [0.2, 0.25) is 5.15 Å². The van der Waals surface area contributed by atoms with Crippen molar-refractivity contribution < 1.29 is 4.79 Å². The fourth-order valence-corrected chi connectivity index (χ4v) is 2.29. The standard InChI is InChI=1S/C11H11Cl2N3O/c12-8-3-2-7(6-15-8)11(4-1-5-11)9(14)16-10(13)17/h2-3,6H,1,4-5H2,(H2,14,16,17). The summed E-state index contributed by atoms with van der Waals surface area (Å²) in [6, 6.07) is 3.56. The summed E-state index contributed by atoms with van der Waals surface area (Å²) in [5.41, 5.74) is 6.39. The normalized spacial score (nSPS) is 18.6. The molecule has 0 aliphatic heterocycles. The molecular formula is C11H11Cl2N3O. The molecule has 90 valence electrons. The predicted octanol–water partition coefficient (Wildman–Crippen LogP) is 2.87. The summed E-state index contributed by atoms with van der Waals surface area (Å²) in [6.07, 6.45) is 4.39. The lowest BCUT2D eigenvalue weighted by atomic mass is 9.64. The highest BCUT2D eigenvalue weighted by Crippen LogP contribution is 2.43. The van der Waals surface area contributed by atoms with Crippen molar-refractivity contribution in [2.75, 3.05) is 0 Å². The van der Waals surface area contributed by atoms with Crippen molar-refractivity contribution in [3.05, 3.63) is 29.0 Å². The van der Waals surface area contributed by atoms with Crippen molar-refractivity contribution in [3.63, 3.8) is 0 Å². The van der Waals surface area contributed by atoms with Crippen LogP contribution in [0, 0.1) is 0 Å². The fourth-order valence-electron chi connectivity index (χ4n) is 2.08. The number of hydrogen-bond donors (Lipinski definition) is 1. The average molecular weight is 272 g/mol. The third-order valence-electron chi connectivity index (χ3n) is 3.19. The maximum Gasteiger partial charge on any atom is 0.341 e. The van der Waals surface area contributed by atoms with Crippen LogP contribution in [-0.2, 0) is 5.41 Å². The van der Waals surface area contributed by atoms with Crippen molar-refractivity contribution in [2.45, 2.75) is 24.7 Å². The molecule has 1 fully saturated rings. The molecule has 2 N–H and O–H groups in total. The molecule has 0 spiro atoms. The highest BCUT2D eigenvalue weighted by Gasteiger charge is 2.43. The molecule has 4 nitrogen and oxygen atoms in total. The molecular weight excluding hydrogens is 261 g/mol. The summed E-state index contributed by atoms with van der Waals surface area (Å²) >= 11 is 11.0. The molecule has 0 radical (unpaired) electrons. The number of aromatic nitrogens is 1. The van der Waals surface area contributed by atoms with Crippen LogP contribution < -0.4 is 5.73 Å². The lowest BCUT2D eigenvalue weighted by Crippen LogP contribution is -2.47. The monoisotopic (exact) mass is 271 g/mol. The Labute approximate surface area is 109 Å². The molecule has 0 unspecified atom stereocenters. The number of halogens is 2. The molecule has 0 bridgehead atoms. The molecule has 1 amide bonds. The van der Waals surface area contributed by atoms with E-state index in [0.717, 1.165) is 24.8 Å². The van der Waals surface area contributed by atoms with E-state index >= 15 is 0 Å². The van der Waals surface area contributed by atoms with Gasteiger partial charge in [0, 0.05) is 6.20 Å². The Bertz CT molecular complexity index is 466. The van der Waals surface area contributed by atoms with Crippen molar-refractivity contribution in [3.8, 4) is 0 Å². The van der Waals surface area contributed by atoms with Crippen LogP contribution in [0.4, 0.5) is 4.79 Å². The molecule has 0 saturated heterocycles. The Balaban J connectivity index is 2.38. The van der Waals surface area contributed by atoms with E-state index in [2.05, 4.69) is 9.98 Å². The minimum atomic E-state index is -0.796. The number of pyridine rings is 1. The first kappa shape index (κ1) is 12.3. The Morgan fingerprint density at radius 2 is 2.18 bits per heavy atom. The third kappa shape index (κ3) is 2.28. The SMILES string of the molecule is N/C(=N\C(=O)Cl)C1(c2ccc(Cl)nc2)CCC1. The van der Waals surface area contributed by atoms with Gasteiger partial charge in [-0.1, -0.05) is 24.1 Å². The van der Waals surface area contributed by atoms with E-state index < -0.39 is 10.8 Å². The van der Waals surface area contributed by atoms with E-state index in [9.17, 15) is 4.79 Å². The van der Waals surface area contributed by atoms with Gasteiger partial charge in [0.2, 0.25) is 0 Å². The largest absolute Gasteiger partial charge is 0.386 e. The molecule has 0 atom stereocenters. The molecule has 1 aromatic heterocycles. The Morgan fingerprint density at radius 1 is 1.47 bits per heavy atom. The van der Waals surface area contributed by atoms with Crippen LogP contribution >= 0.6 is 23.2 Å². The van der Waals surface area contributed by atoms with Gasteiger partial charge < -0.3 is 5.73 Å². The molecule has 1 aromatic rings. The first-order valence-electron chi connectivity index (χ1n) is 5.21. The molecule has 1 aliphatic carbocycles. The molecule has 2 rings (SSSR count). The topological polar surface area (TPSA) is 68.3 Å². The van der Waals surface area contributed by atoms with Crippen molar-refractivity contribution in [1.29, 1.82) is 0 Å². The number of carbonyl (C=O) groups excluding carboxylic acids is 1. The van der Waals surface area contributed by atoms with E-state index in [-0.39, 0.29) is 5.84 Å². The Kier molecular flexibility index (Phi) is 3.35. The number of hydrogen-bond acceptors (Lipinski definition) is 2. The van der Waals surface area contributed by atoms with Gasteiger partial charge in [-0.2, -0.15) is 4.99 Å². The third-order valence-corrected chi connectivity index (χ3v) is 3.49. The van der Waals surface area contributed by atoms with Crippen LogP contribution in [-0.4, -0.2) is 16.2 Å². The zero-order chi connectivity index (χ0) is 12.5. The first-order chi connectivity index (χ1) is 8.04. The highest BCUT2D eigenvalue weighted by molar-refractivity contribution is 6.64. The lowest BCUT2D eigenvalue weighted by Gasteiger charge is -2.41. The maximum absolute atomic E-state index is 10.8. The van der Waals surface area contributed by atoms with E-state index in [0.29, 0.717) is 5.15 Å². The zero-order valence-electron chi connectivity index (χ0n) is 8.99. The minimum absolute atomic E-state index is 0.257. The number of nitrogens with two attached hydrogens (primary N) is 1. The van der Waals surface area contributed by atoms with E-state index in [1.165, 1.54) is 0 Å². The first-order valence-corrected chi connectivity index (χ1v) is 5.96. The number of rotatable bonds is 2. The second kappa shape index (κ2) is 4.63. The summed E-state index contributed by atoms with van der Waals surface area (Å²) in [5, 5.41) is -0.372. The molecule has 6 heteroatoms. The molecule has 1 heterocycles. The van der Waals surface area contributed by atoms with Crippen molar-refractivity contribution >= 4 is 34.4 Å². The van der Waals surface area contributed by atoms with Crippen molar-refractivity contribution in [1.82, 2.24) is 4.98 Å². The summed E-state index contributed by atoms with van der Waals surface area (Å²) in [7, 11) is 0. The quantitative estimate of drug-likeness (QED) is 0.296. The predicted molar refractivity (Wildman–Crippen MR) is 67.6 cm³/mol. The van der Waals surface area contributed by atoms with Crippen LogP contribution in [0.3, 0.4) is 0 Å². The second-order valence-corrected chi connectivity index (χ2v) is 4.77. The summed E-state index contributed by atoms with van der Waals surface area (Å²) in [4.78, 5) is 18.4. The summed E-state index contributed by atoms with van der Waals surface area (Å²) in [6.45, 7) is 0. The highest BCUT2D eigenvalue weighted by atomic mass is 35.5. The van der Waals surface area contributed by atoms with E-state index in [4.69, 9.17) is 28.9 Å². The lowest BCUT2D eigenvalue weighted by molar-refractivity contribution is 0.266.